The van der Waals surface area contributed by atoms with Crippen LogP contribution in [0.15, 0.2) is 30.7 Å². The summed E-state index contributed by atoms with van der Waals surface area (Å²) < 4.78 is 57.1. The first-order chi connectivity index (χ1) is 16.5. The van der Waals surface area contributed by atoms with Crippen LogP contribution >= 0.6 is 0 Å². The van der Waals surface area contributed by atoms with Gasteiger partial charge in [-0.15, -0.1) is 0 Å². The van der Waals surface area contributed by atoms with E-state index in [-0.39, 0.29) is 23.6 Å². The second-order valence-corrected chi connectivity index (χ2v) is 8.13. The first-order valence-electron chi connectivity index (χ1n) is 10.6. The van der Waals surface area contributed by atoms with Crippen molar-refractivity contribution in [3.8, 4) is 40.3 Å². The van der Waals surface area contributed by atoms with Gasteiger partial charge < -0.3 is 19.3 Å². The Labute approximate surface area is 198 Å². The Kier molecular flexibility index (Phi) is 6.22. The van der Waals surface area contributed by atoms with E-state index in [4.69, 9.17) is 19.2 Å². The molecule has 0 atom stereocenters. The smallest absolute Gasteiger partial charge is 0.408 e. The number of methoxy groups -OCH3 is 2. The van der Waals surface area contributed by atoms with Crippen LogP contribution in [0.2, 0.25) is 0 Å². The zero-order valence-corrected chi connectivity index (χ0v) is 19.7. The fourth-order valence-corrected chi connectivity index (χ4v) is 3.75. The highest BCUT2D eigenvalue weighted by molar-refractivity contribution is 5.95. The molecule has 0 unspecified atom stereocenters. The molecule has 4 aromatic heterocycles. The summed E-state index contributed by atoms with van der Waals surface area (Å²) in [6, 6.07) is 3.49. The maximum atomic E-state index is 12.8. The zero-order valence-electron chi connectivity index (χ0n) is 19.7. The van der Waals surface area contributed by atoms with Crippen LogP contribution in [0.25, 0.3) is 27.8 Å². The average Bonchev–Trinajstić information content (AvgIpc) is 3.33. The second-order valence-electron chi connectivity index (χ2n) is 8.13. The van der Waals surface area contributed by atoms with Crippen LogP contribution in [0.3, 0.4) is 0 Å². The van der Waals surface area contributed by atoms with Gasteiger partial charge in [-0.3, -0.25) is 4.68 Å². The molecule has 0 aliphatic carbocycles. The molecular weight excluding hydrogens is 467 g/mol. The van der Waals surface area contributed by atoms with E-state index in [1.54, 1.807) is 39.1 Å². The molecule has 0 saturated carbocycles. The predicted molar refractivity (Wildman–Crippen MR) is 121 cm³/mol. The Morgan fingerprint density at radius 2 is 1.86 bits per heavy atom. The van der Waals surface area contributed by atoms with Crippen molar-refractivity contribution in [2.75, 3.05) is 14.2 Å². The minimum Gasteiger partial charge on any atom is -0.494 e. The largest absolute Gasteiger partial charge is 0.494 e. The van der Waals surface area contributed by atoms with Gasteiger partial charge in [-0.05, 0) is 38.5 Å². The minimum atomic E-state index is -4.44. The van der Waals surface area contributed by atoms with Crippen molar-refractivity contribution in [1.29, 1.82) is 0 Å². The van der Waals surface area contributed by atoms with Crippen molar-refractivity contribution in [1.82, 2.24) is 24.3 Å². The minimum absolute atomic E-state index is 0.178. The number of pyridine rings is 2. The van der Waals surface area contributed by atoms with Gasteiger partial charge in [-0.2, -0.15) is 18.3 Å². The number of hydrogen-bond acceptors (Lipinski definition) is 7. The molecule has 186 valence electrons. The topological polar surface area (TPSA) is 96.5 Å². The van der Waals surface area contributed by atoms with Gasteiger partial charge >= 0.3 is 6.18 Å². The van der Waals surface area contributed by atoms with Crippen LogP contribution in [0, 0.1) is 6.92 Å². The lowest BCUT2D eigenvalue weighted by atomic mass is 10.1. The highest BCUT2D eigenvalue weighted by Gasteiger charge is 2.30. The number of hydrogen-bond donors (Lipinski definition) is 1. The molecule has 0 aliphatic heterocycles. The molecule has 0 amide bonds. The summed E-state index contributed by atoms with van der Waals surface area (Å²) in [5, 5.41) is 15.3. The van der Waals surface area contributed by atoms with Crippen molar-refractivity contribution >= 4 is 10.9 Å². The van der Waals surface area contributed by atoms with E-state index in [0.717, 1.165) is 4.68 Å². The Hall–Kier alpha value is -3.96. The lowest BCUT2D eigenvalue weighted by molar-refractivity contribution is -0.142. The molecule has 0 spiro atoms. The van der Waals surface area contributed by atoms with Crippen molar-refractivity contribution < 1.29 is 32.5 Å². The Balaban J connectivity index is 1.92. The van der Waals surface area contributed by atoms with E-state index in [0.29, 0.717) is 39.4 Å². The first-order valence-corrected chi connectivity index (χ1v) is 10.6. The molecule has 0 fully saturated rings. The monoisotopic (exact) mass is 491 g/mol. The number of rotatable bonds is 7. The number of fused-ring (bicyclic) bond motifs is 1. The molecule has 0 saturated heterocycles. The summed E-state index contributed by atoms with van der Waals surface area (Å²) in [6.45, 7) is 4.12. The summed E-state index contributed by atoms with van der Waals surface area (Å²) in [5.41, 5.74) is 2.38. The first kappa shape index (κ1) is 24.2. The number of aromatic hydroxyl groups is 1. The van der Waals surface area contributed by atoms with Gasteiger partial charge in [0.2, 0.25) is 11.8 Å². The third-order valence-electron chi connectivity index (χ3n) is 5.15. The van der Waals surface area contributed by atoms with Crippen LogP contribution in [0.5, 0.6) is 23.4 Å². The van der Waals surface area contributed by atoms with Gasteiger partial charge in [0.15, 0.2) is 5.75 Å². The van der Waals surface area contributed by atoms with Gasteiger partial charge in [-0.25, -0.2) is 14.5 Å². The molecular formula is C23H24F3N5O4. The van der Waals surface area contributed by atoms with Crippen LogP contribution < -0.4 is 14.2 Å². The maximum Gasteiger partial charge on any atom is 0.408 e. The molecule has 1 N–H and O–H groups in total. The van der Waals surface area contributed by atoms with Crippen molar-refractivity contribution in [3.05, 3.63) is 36.3 Å². The Bertz CT molecular complexity index is 1380. The van der Waals surface area contributed by atoms with E-state index in [1.165, 1.54) is 31.2 Å². The summed E-state index contributed by atoms with van der Waals surface area (Å²) in [4.78, 5) is 8.97. The predicted octanol–water partition coefficient (Wildman–Crippen LogP) is 4.66. The molecule has 35 heavy (non-hydrogen) atoms. The molecule has 4 aromatic rings. The summed E-state index contributed by atoms with van der Waals surface area (Å²) in [6.07, 6.45) is -0.759. The van der Waals surface area contributed by atoms with Crippen LogP contribution in [0.4, 0.5) is 13.2 Å². The standard InChI is InChI=1S/C23H24F3N5O4/c1-12(2)35-22-19-18(21(32)31(22)15-9-28-30(10-15)11-23(24,25)26)13(3)6-16(29-19)14-7-17(33-4)20(34-5)27-8-14/h6-10,12,32H,11H2,1-5H3. The normalized spacial score (nSPS) is 11.9. The number of aryl methyl sites for hydroxylation is 1. The van der Waals surface area contributed by atoms with Crippen LogP contribution in [-0.2, 0) is 6.54 Å². The SMILES string of the molecule is COc1cc(-c2cc(C)c3c(O)n(-c4cnn(CC(F)(F)F)c4)c(OC(C)C)c3n2)cnc1OC. The number of nitrogens with zero attached hydrogens (tertiary/aromatic N) is 5. The molecule has 4 heterocycles. The number of halogens is 3. The van der Waals surface area contributed by atoms with Gasteiger partial charge in [-0.1, -0.05) is 0 Å². The molecule has 12 heteroatoms. The fraction of sp³-hybridized carbons (Fsp3) is 0.348. The Morgan fingerprint density at radius 3 is 2.49 bits per heavy atom. The van der Waals surface area contributed by atoms with Crippen molar-refractivity contribution in [3.63, 3.8) is 0 Å². The lowest BCUT2D eigenvalue weighted by Crippen LogP contribution is -2.17. The highest BCUT2D eigenvalue weighted by atomic mass is 19.4. The van der Waals surface area contributed by atoms with Crippen LogP contribution in [-0.4, -0.2) is 55.9 Å². The quantitative estimate of drug-likeness (QED) is 0.402. The fourth-order valence-electron chi connectivity index (χ4n) is 3.75. The average molecular weight is 491 g/mol. The molecule has 0 radical (unpaired) electrons. The number of ether oxygens (including phenoxy) is 3. The maximum absolute atomic E-state index is 12.8. The van der Waals surface area contributed by atoms with Crippen molar-refractivity contribution in [2.24, 2.45) is 0 Å². The highest BCUT2D eigenvalue weighted by Crippen LogP contribution is 2.42. The lowest BCUT2D eigenvalue weighted by Gasteiger charge is -2.13. The number of aromatic nitrogens is 5. The van der Waals surface area contributed by atoms with Gasteiger partial charge in [0, 0.05) is 18.0 Å². The summed E-state index contributed by atoms with van der Waals surface area (Å²) in [5.74, 6) is 0.694. The van der Waals surface area contributed by atoms with Crippen LogP contribution in [0.1, 0.15) is 19.4 Å². The Morgan fingerprint density at radius 1 is 1.11 bits per heavy atom. The van der Waals surface area contributed by atoms with E-state index in [9.17, 15) is 18.3 Å². The third-order valence-corrected chi connectivity index (χ3v) is 5.15. The summed E-state index contributed by atoms with van der Waals surface area (Å²) >= 11 is 0. The second kappa shape index (κ2) is 9.01. The number of alkyl halides is 3. The zero-order chi connectivity index (χ0) is 25.5. The van der Waals surface area contributed by atoms with Gasteiger partial charge in [0.05, 0.1) is 43.3 Å². The van der Waals surface area contributed by atoms with Gasteiger partial charge in [0.1, 0.15) is 12.1 Å². The van der Waals surface area contributed by atoms with E-state index in [1.807, 2.05) is 0 Å². The summed E-state index contributed by atoms with van der Waals surface area (Å²) in [7, 11) is 2.98. The molecule has 9 nitrogen and oxygen atoms in total. The van der Waals surface area contributed by atoms with Gasteiger partial charge in [0.25, 0.3) is 5.88 Å². The molecule has 0 aromatic carbocycles. The molecule has 0 bridgehead atoms. The van der Waals surface area contributed by atoms with E-state index < -0.39 is 12.7 Å². The van der Waals surface area contributed by atoms with E-state index >= 15 is 0 Å². The van der Waals surface area contributed by atoms with E-state index in [2.05, 4.69) is 10.1 Å². The molecule has 4 rings (SSSR count). The third kappa shape index (κ3) is 4.68. The van der Waals surface area contributed by atoms with Crippen molar-refractivity contribution in [2.45, 2.75) is 39.6 Å². The molecule has 0 aliphatic rings.